The second-order valence-corrected chi connectivity index (χ2v) is 6.65. The van der Waals surface area contributed by atoms with E-state index in [1.807, 2.05) is 0 Å². The van der Waals surface area contributed by atoms with Crippen LogP contribution in [0.5, 0.6) is 0 Å². The number of thiophene rings is 1. The fourth-order valence-corrected chi connectivity index (χ4v) is 3.56. The SMILES string of the molecule is Cc1ccc([N+](=O)[O-])cc1NS(=O)(=O)c1cccs1. The number of hydrogen-bond acceptors (Lipinski definition) is 5. The van der Waals surface area contributed by atoms with Crippen LogP contribution in [0.25, 0.3) is 0 Å². The van der Waals surface area contributed by atoms with E-state index in [4.69, 9.17) is 0 Å². The minimum atomic E-state index is -3.69. The zero-order chi connectivity index (χ0) is 14.0. The van der Waals surface area contributed by atoms with Crippen molar-refractivity contribution in [2.24, 2.45) is 0 Å². The van der Waals surface area contributed by atoms with Gasteiger partial charge in [-0.25, -0.2) is 8.42 Å². The van der Waals surface area contributed by atoms with E-state index >= 15 is 0 Å². The van der Waals surface area contributed by atoms with E-state index in [1.54, 1.807) is 18.4 Å². The standard InChI is InChI=1S/C11H10N2O4S2/c1-8-4-5-9(13(14)15)7-10(8)12-19(16,17)11-3-2-6-18-11/h2-7,12H,1H3. The van der Waals surface area contributed by atoms with Gasteiger partial charge in [0.05, 0.1) is 10.6 Å². The van der Waals surface area contributed by atoms with Gasteiger partial charge in [0.25, 0.3) is 15.7 Å². The Kier molecular flexibility index (Phi) is 3.54. The van der Waals surface area contributed by atoms with E-state index in [1.165, 1.54) is 24.3 Å². The number of nitro benzene ring substituents is 1. The molecule has 0 bridgehead atoms. The van der Waals surface area contributed by atoms with Crippen molar-refractivity contribution in [3.8, 4) is 0 Å². The summed E-state index contributed by atoms with van der Waals surface area (Å²) in [5.74, 6) is 0. The molecule has 0 aliphatic carbocycles. The summed E-state index contributed by atoms with van der Waals surface area (Å²) in [6, 6.07) is 7.14. The Morgan fingerprint density at radius 1 is 1.32 bits per heavy atom. The zero-order valence-electron chi connectivity index (χ0n) is 9.86. The fourth-order valence-electron chi connectivity index (χ4n) is 1.44. The molecule has 1 heterocycles. The predicted molar refractivity (Wildman–Crippen MR) is 73.0 cm³/mol. The number of non-ortho nitro benzene ring substituents is 1. The third kappa shape index (κ3) is 2.91. The lowest BCUT2D eigenvalue weighted by Gasteiger charge is -2.08. The second-order valence-electron chi connectivity index (χ2n) is 3.79. The Labute approximate surface area is 113 Å². The van der Waals surface area contributed by atoms with Crippen LogP contribution in [0, 0.1) is 17.0 Å². The molecule has 0 aliphatic heterocycles. The number of nitrogens with zero attached hydrogens (tertiary/aromatic N) is 1. The first-order chi connectivity index (χ1) is 8.90. The predicted octanol–water partition coefficient (Wildman–Crippen LogP) is 2.77. The molecule has 1 aromatic heterocycles. The van der Waals surface area contributed by atoms with Gasteiger partial charge in [0.15, 0.2) is 0 Å². The summed E-state index contributed by atoms with van der Waals surface area (Å²) in [4.78, 5) is 10.1. The van der Waals surface area contributed by atoms with Crippen LogP contribution in [0.1, 0.15) is 5.56 Å². The van der Waals surface area contributed by atoms with Crippen molar-refractivity contribution in [2.75, 3.05) is 4.72 Å². The highest BCUT2D eigenvalue weighted by Crippen LogP contribution is 2.25. The summed E-state index contributed by atoms with van der Waals surface area (Å²) in [5, 5.41) is 12.3. The number of hydrogen-bond donors (Lipinski definition) is 1. The smallest absolute Gasteiger partial charge is 0.271 e. The first-order valence-corrected chi connectivity index (χ1v) is 7.58. The van der Waals surface area contributed by atoms with Crippen LogP contribution >= 0.6 is 11.3 Å². The molecule has 2 rings (SSSR count). The second kappa shape index (κ2) is 4.98. The molecule has 0 unspecified atom stereocenters. The summed E-state index contributed by atoms with van der Waals surface area (Å²) < 4.78 is 26.6. The molecule has 19 heavy (non-hydrogen) atoms. The van der Waals surface area contributed by atoms with Crippen LogP contribution in [0.4, 0.5) is 11.4 Å². The maximum atomic E-state index is 12.0. The molecule has 1 N–H and O–H groups in total. The van der Waals surface area contributed by atoms with Crippen molar-refractivity contribution in [1.82, 2.24) is 0 Å². The minimum absolute atomic E-state index is 0.158. The van der Waals surface area contributed by atoms with Gasteiger partial charge in [-0.3, -0.25) is 14.8 Å². The topological polar surface area (TPSA) is 89.3 Å². The molecule has 0 atom stereocenters. The molecule has 100 valence electrons. The van der Waals surface area contributed by atoms with Crippen LogP contribution in [-0.2, 0) is 10.0 Å². The third-order valence-corrected chi connectivity index (χ3v) is 5.20. The van der Waals surface area contributed by atoms with Crippen molar-refractivity contribution in [3.63, 3.8) is 0 Å². The van der Waals surface area contributed by atoms with E-state index in [-0.39, 0.29) is 15.6 Å². The summed E-state index contributed by atoms with van der Waals surface area (Å²) in [6.07, 6.45) is 0. The molecule has 0 fully saturated rings. The molecule has 0 amide bonds. The number of aryl methyl sites for hydroxylation is 1. The van der Waals surface area contributed by atoms with Crippen molar-refractivity contribution in [3.05, 3.63) is 51.4 Å². The molecule has 6 nitrogen and oxygen atoms in total. The van der Waals surface area contributed by atoms with E-state index in [2.05, 4.69) is 4.72 Å². The van der Waals surface area contributed by atoms with Crippen LogP contribution in [0.15, 0.2) is 39.9 Å². The molecule has 0 saturated heterocycles. The van der Waals surface area contributed by atoms with Gasteiger partial charge >= 0.3 is 0 Å². The van der Waals surface area contributed by atoms with E-state index in [0.717, 1.165) is 11.3 Å². The first-order valence-electron chi connectivity index (χ1n) is 5.21. The summed E-state index contributed by atoms with van der Waals surface area (Å²) in [6.45, 7) is 1.68. The highest BCUT2D eigenvalue weighted by molar-refractivity contribution is 7.94. The van der Waals surface area contributed by atoms with E-state index in [0.29, 0.717) is 5.56 Å². The van der Waals surface area contributed by atoms with Crippen molar-refractivity contribution >= 4 is 32.7 Å². The van der Waals surface area contributed by atoms with Crippen LogP contribution in [-0.4, -0.2) is 13.3 Å². The maximum Gasteiger partial charge on any atom is 0.271 e. The quantitative estimate of drug-likeness (QED) is 0.694. The Bertz CT molecular complexity index is 708. The number of benzene rings is 1. The largest absolute Gasteiger partial charge is 0.278 e. The molecule has 1 aromatic carbocycles. The van der Waals surface area contributed by atoms with E-state index in [9.17, 15) is 18.5 Å². The Hall–Kier alpha value is -1.93. The van der Waals surface area contributed by atoms with Gasteiger partial charge in [0, 0.05) is 12.1 Å². The van der Waals surface area contributed by atoms with Crippen LogP contribution < -0.4 is 4.72 Å². The Balaban J connectivity index is 2.39. The average Bonchev–Trinajstić information content (AvgIpc) is 2.85. The van der Waals surface area contributed by atoms with Gasteiger partial charge in [0.2, 0.25) is 0 Å². The lowest BCUT2D eigenvalue weighted by molar-refractivity contribution is -0.384. The number of sulfonamides is 1. The fraction of sp³-hybridized carbons (Fsp3) is 0.0909. The van der Waals surface area contributed by atoms with Crippen LogP contribution in [0.3, 0.4) is 0 Å². The lowest BCUT2D eigenvalue weighted by Crippen LogP contribution is -2.12. The zero-order valence-corrected chi connectivity index (χ0v) is 11.5. The average molecular weight is 298 g/mol. The van der Waals surface area contributed by atoms with Crippen molar-refractivity contribution < 1.29 is 13.3 Å². The maximum absolute atomic E-state index is 12.0. The number of nitro groups is 1. The molecule has 0 radical (unpaired) electrons. The summed E-state index contributed by atoms with van der Waals surface area (Å²) in [5.41, 5.74) is 0.669. The van der Waals surface area contributed by atoms with Gasteiger partial charge < -0.3 is 0 Å². The molecule has 0 spiro atoms. The lowest BCUT2D eigenvalue weighted by atomic mass is 10.2. The molecule has 0 saturated carbocycles. The van der Waals surface area contributed by atoms with Crippen molar-refractivity contribution in [2.45, 2.75) is 11.1 Å². The molecule has 2 aromatic rings. The van der Waals surface area contributed by atoms with Gasteiger partial charge in [-0.2, -0.15) is 0 Å². The number of rotatable bonds is 4. The monoisotopic (exact) mass is 298 g/mol. The number of anilines is 1. The highest BCUT2D eigenvalue weighted by atomic mass is 32.2. The molecule has 0 aliphatic rings. The molecule has 8 heteroatoms. The first kappa shape index (κ1) is 13.5. The van der Waals surface area contributed by atoms with Crippen LogP contribution in [0.2, 0.25) is 0 Å². The van der Waals surface area contributed by atoms with Gasteiger partial charge in [-0.15, -0.1) is 11.3 Å². The Morgan fingerprint density at radius 2 is 2.05 bits per heavy atom. The summed E-state index contributed by atoms with van der Waals surface area (Å²) in [7, 11) is -3.69. The third-order valence-electron chi connectivity index (χ3n) is 2.44. The highest BCUT2D eigenvalue weighted by Gasteiger charge is 2.18. The van der Waals surface area contributed by atoms with E-state index < -0.39 is 14.9 Å². The Morgan fingerprint density at radius 3 is 2.63 bits per heavy atom. The van der Waals surface area contributed by atoms with Gasteiger partial charge in [-0.1, -0.05) is 12.1 Å². The number of nitrogens with one attached hydrogen (secondary N) is 1. The molecular weight excluding hydrogens is 288 g/mol. The minimum Gasteiger partial charge on any atom is -0.278 e. The molecular formula is C11H10N2O4S2. The summed E-state index contributed by atoms with van der Waals surface area (Å²) >= 11 is 1.08. The normalized spacial score (nSPS) is 11.2. The van der Waals surface area contributed by atoms with Gasteiger partial charge in [-0.05, 0) is 23.9 Å². The van der Waals surface area contributed by atoms with Gasteiger partial charge in [0.1, 0.15) is 4.21 Å². The van der Waals surface area contributed by atoms with Crippen molar-refractivity contribution in [1.29, 1.82) is 0 Å².